The summed E-state index contributed by atoms with van der Waals surface area (Å²) in [5, 5.41) is 2.78. The van der Waals surface area contributed by atoms with Crippen LogP contribution in [0.1, 0.15) is 73.0 Å². The molecule has 2 heterocycles. The van der Waals surface area contributed by atoms with Gasteiger partial charge < -0.3 is 5.32 Å². The van der Waals surface area contributed by atoms with Gasteiger partial charge >= 0.3 is 0 Å². The Morgan fingerprint density at radius 1 is 1.08 bits per heavy atom. The first-order valence-electron chi connectivity index (χ1n) is 12.0. The summed E-state index contributed by atoms with van der Waals surface area (Å²) in [7, 11) is -3.28. The quantitative estimate of drug-likeness (QED) is 0.513. The lowest BCUT2D eigenvalue weighted by Crippen LogP contribution is -2.38. The minimum absolute atomic E-state index is 0.0241. The number of aryl methyl sites for hydroxylation is 1. The van der Waals surface area contributed by atoms with Crippen molar-refractivity contribution in [2.24, 2.45) is 0 Å². The van der Waals surface area contributed by atoms with Crippen molar-refractivity contribution in [1.29, 1.82) is 0 Å². The van der Waals surface area contributed by atoms with Gasteiger partial charge in [0.1, 0.15) is 5.82 Å². The molecule has 8 nitrogen and oxygen atoms in total. The molecule has 1 N–H and O–H groups in total. The summed E-state index contributed by atoms with van der Waals surface area (Å²) < 4.78 is 23.9. The Labute approximate surface area is 211 Å². The molecule has 36 heavy (non-hydrogen) atoms. The zero-order chi connectivity index (χ0) is 26.1. The fraction of sp³-hybridized carbons (Fsp3) is 0.370. The molecule has 3 aromatic rings. The van der Waals surface area contributed by atoms with Gasteiger partial charge in [0.25, 0.3) is 0 Å². The number of aromatic nitrogens is 3. The van der Waals surface area contributed by atoms with E-state index in [0.29, 0.717) is 41.2 Å². The number of pyridine rings is 1. The summed E-state index contributed by atoms with van der Waals surface area (Å²) in [6, 6.07) is 9.64. The Hall–Kier alpha value is -3.46. The van der Waals surface area contributed by atoms with Crippen LogP contribution in [0.4, 0.5) is 5.82 Å². The average molecular weight is 507 g/mol. The highest BCUT2D eigenvalue weighted by Crippen LogP contribution is 2.37. The summed E-state index contributed by atoms with van der Waals surface area (Å²) in [6.07, 6.45) is 4.63. The van der Waals surface area contributed by atoms with E-state index in [1.54, 1.807) is 43.6 Å². The maximum absolute atomic E-state index is 13.4. The molecular formula is C27H30N4O4S. The number of rotatable bonds is 7. The Morgan fingerprint density at radius 2 is 1.81 bits per heavy atom. The van der Waals surface area contributed by atoms with Gasteiger partial charge in [0.15, 0.2) is 15.6 Å². The fourth-order valence-electron chi connectivity index (χ4n) is 4.27. The van der Waals surface area contributed by atoms with Gasteiger partial charge in [-0.2, -0.15) is 0 Å². The van der Waals surface area contributed by atoms with Crippen LogP contribution in [0.5, 0.6) is 0 Å². The predicted molar refractivity (Wildman–Crippen MR) is 137 cm³/mol. The Morgan fingerprint density at radius 3 is 2.42 bits per heavy atom. The summed E-state index contributed by atoms with van der Waals surface area (Å²) in [5.41, 5.74) is 2.63. The number of hydrogen-bond acceptors (Lipinski definition) is 7. The maximum Gasteiger partial charge on any atom is 0.229 e. The number of Topliss-reactive ketones (excluding diaryl/α,β-unsaturated/α-hetero) is 1. The molecule has 0 spiro atoms. The van der Waals surface area contributed by atoms with Gasteiger partial charge in [0.05, 0.1) is 39.6 Å². The molecule has 1 atom stereocenters. The first-order chi connectivity index (χ1) is 17.0. The zero-order valence-electron chi connectivity index (χ0n) is 20.9. The van der Waals surface area contributed by atoms with Crippen molar-refractivity contribution in [3.63, 3.8) is 0 Å². The molecule has 1 aliphatic carbocycles. The third-order valence-corrected chi connectivity index (χ3v) is 8.46. The highest BCUT2D eigenvalue weighted by atomic mass is 32.2. The molecule has 2 aromatic heterocycles. The topological polar surface area (TPSA) is 119 Å². The minimum atomic E-state index is -3.28. The molecule has 188 valence electrons. The van der Waals surface area contributed by atoms with E-state index in [1.165, 1.54) is 12.1 Å². The van der Waals surface area contributed by atoms with Gasteiger partial charge in [-0.05, 0) is 55.5 Å². The van der Waals surface area contributed by atoms with Crippen molar-refractivity contribution in [3.05, 3.63) is 77.0 Å². The summed E-state index contributed by atoms with van der Waals surface area (Å²) in [4.78, 5) is 39.8. The van der Waals surface area contributed by atoms with Crippen LogP contribution in [0.25, 0.3) is 0 Å². The Balaban J connectivity index is 1.46. The molecule has 0 bridgehead atoms. The number of nitrogens with zero attached hydrogens (tertiary/aromatic N) is 3. The van der Waals surface area contributed by atoms with Crippen LogP contribution in [0.2, 0.25) is 0 Å². The van der Waals surface area contributed by atoms with Gasteiger partial charge in [-0.3, -0.25) is 19.6 Å². The smallest absolute Gasteiger partial charge is 0.229 e. The molecule has 4 rings (SSSR count). The van der Waals surface area contributed by atoms with Crippen LogP contribution in [0.3, 0.4) is 0 Å². The Bertz CT molecular complexity index is 1400. The number of nitrogens with one attached hydrogen (secondary N) is 1. The van der Waals surface area contributed by atoms with Crippen LogP contribution >= 0.6 is 0 Å². The van der Waals surface area contributed by atoms with Crippen molar-refractivity contribution < 1.29 is 18.0 Å². The van der Waals surface area contributed by atoms with Gasteiger partial charge in [0, 0.05) is 18.0 Å². The fourth-order valence-corrected chi connectivity index (χ4v) is 5.15. The number of anilines is 1. The van der Waals surface area contributed by atoms with Crippen molar-refractivity contribution in [1.82, 2.24) is 15.0 Å². The van der Waals surface area contributed by atoms with Crippen molar-refractivity contribution >= 4 is 27.3 Å². The number of sulfone groups is 1. The monoisotopic (exact) mass is 506 g/mol. The van der Waals surface area contributed by atoms with Crippen LogP contribution in [0.15, 0.2) is 53.7 Å². The number of benzene rings is 1. The molecule has 0 saturated carbocycles. The minimum Gasteiger partial charge on any atom is -0.310 e. The highest BCUT2D eigenvalue weighted by molar-refractivity contribution is 7.91. The van der Waals surface area contributed by atoms with Crippen molar-refractivity contribution in [3.8, 4) is 0 Å². The lowest BCUT2D eigenvalue weighted by atomic mass is 9.71. The SMILES string of the molecule is CCS(=O)(=O)c1ccc(CC(=O)Nc2ccc3c(n2)CCC(C)(c2cnc(C(C)C)cn2)C3=O)cc1. The first kappa shape index (κ1) is 25.6. The van der Waals surface area contributed by atoms with E-state index in [4.69, 9.17) is 0 Å². The van der Waals surface area contributed by atoms with E-state index in [-0.39, 0.29) is 34.7 Å². The van der Waals surface area contributed by atoms with E-state index >= 15 is 0 Å². The van der Waals surface area contributed by atoms with E-state index in [2.05, 4.69) is 20.3 Å². The number of amides is 1. The zero-order valence-corrected chi connectivity index (χ0v) is 21.7. The normalized spacial score (nSPS) is 17.6. The molecular weight excluding hydrogens is 476 g/mol. The van der Waals surface area contributed by atoms with Gasteiger partial charge in [-0.1, -0.05) is 32.9 Å². The van der Waals surface area contributed by atoms with E-state index in [1.807, 2.05) is 20.8 Å². The predicted octanol–water partition coefficient (Wildman–Crippen LogP) is 4.06. The van der Waals surface area contributed by atoms with Gasteiger partial charge in [0.2, 0.25) is 5.91 Å². The molecule has 1 amide bonds. The molecule has 1 aliphatic rings. The summed E-state index contributed by atoms with van der Waals surface area (Å²) in [6.45, 7) is 7.58. The summed E-state index contributed by atoms with van der Waals surface area (Å²) in [5.74, 6) is 0.331. The Kier molecular flexibility index (Phi) is 7.04. The van der Waals surface area contributed by atoms with Crippen LogP contribution < -0.4 is 5.32 Å². The lowest BCUT2D eigenvalue weighted by Gasteiger charge is -2.32. The van der Waals surface area contributed by atoms with Gasteiger partial charge in [-0.15, -0.1) is 0 Å². The summed E-state index contributed by atoms with van der Waals surface area (Å²) >= 11 is 0. The largest absolute Gasteiger partial charge is 0.310 e. The third kappa shape index (κ3) is 5.06. The number of ketones is 1. The molecule has 0 radical (unpaired) electrons. The van der Waals surface area contributed by atoms with Crippen molar-refractivity contribution in [2.45, 2.75) is 63.2 Å². The number of carbonyl (C=O) groups is 2. The number of fused-ring (bicyclic) bond motifs is 1. The van der Waals surface area contributed by atoms with Crippen LogP contribution in [-0.4, -0.2) is 40.8 Å². The second-order valence-corrected chi connectivity index (χ2v) is 11.9. The highest BCUT2D eigenvalue weighted by Gasteiger charge is 2.42. The molecule has 0 aliphatic heterocycles. The molecule has 9 heteroatoms. The number of carbonyl (C=O) groups excluding carboxylic acids is 2. The van der Waals surface area contributed by atoms with E-state index < -0.39 is 15.3 Å². The third-order valence-electron chi connectivity index (χ3n) is 6.71. The van der Waals surface area contributed by atoms with E-state index in [0.717, 1.165) is 5.69 Å². The van der Waals surface area contributed by atoms with Crippen molar-refractivity contribution in [2.75, 3.05) is 11.1 Å². The lowest BCUT2D eigenvalue weighted by molar-refractivity contribution is -0.115. The standard InChI is InChI=1S/C27H30N4O4S/c1-5-36(34,35)19-8-6-18(7-9-19)14-25(32)31-24-11-10-20-21(30-24)12-13-27(4,26(20)33)23-16-28-22(15-29-23)17(2)3/h6-11,15-17H,5,12-14H2,1-4H3,(H,30,31,32). The molecule has 1 unspecified atom stereocenters. The van der Waals surface area contributed by atoms with Crippen LogP contribution in [-0.2, 0) is 32.9 Å². The molecule has 0 fully saturated rings. The molecule has 1 aromatic carbocycles. The molecule has 0 saturated heterocycles. The average Bonchev–Trinajstić information content (AvgIpc) is 2.86. The first-order valence-corrected chi connectivity index (χ1v) is 13.7. The second-order valence-electron chi connectivity index (χ2n) is 9.61. The maximum atomic E-state index is 13.4. The van der Waals surface area contributed by atoms with E-state index in [9.17, 15) is 18.0 Å². The van der Waals surface area contributed by atoms with Crippen LogP contribution in [0, 0.1) is 0 Å². The van der Waals surface area contributed by atoms with Gasteiger partial charge in [-0.25, -0.2) is 13.4 Å². The second kappa shape index (κ2) is 9.89. The number of hydrogen-bond donors (Lipinski definition) is 1.